The molecule has 2 bridgehead atoms. The van der Waals surface area contributed by atoms with Gasteiger partial charge in [0, 0.05) is 49.5 Å². The summed E-state index contributed by atoms with van der Waals surface area (Å²) < 4.78 is 76.5. The average molecular weight is 667 g/mol. The van der Waals surface area contributed by atoms with Crippen molar-refractivity contribution in [1.82, 2.24) is 14.9 Å². The fourth-order valence-electron chi connectivity index (χ4n) is 7.28. The second-order valence-corrected chi connectivity index (χ2v) is 14.5. The normalized spacial score (nSPS) is 27.2. The van der Waals surface area contributed by atoms with Gasteiger partial charge in [-0.15, -0.1) is 0 Å². The molecule has 5 unspecified atom stereocenters. The van der Waals surface area contributed by atoms with E-state index in [4.69, 9.17) is 4.74 Å². The number of carbonyl (C=O) groups excluding carboxylic acids is 1. The molecule has 2 aromatic rings. The smallest absolute Gasteiger partial charge is 0.405 e. The van der Waals surface area contributed by atoms with Gasteiger partial charge in [0.1, 0.15) is 11.9 Å². The van der Waals surface area contributed by atoms with Crippen LogP contribution >= 0.6 is 0 Å². The number of ether oxygens (including phenoxy) is 1. The summed E-state index contributed by atoms with van der Waals surface area (Å²) in [4.78, 5) is 26.0. The molecule has 1 saturated carbocycles. The molecule has 2 amide bonds. The van der Waals surface area contributed by atoms with Crippen molar-refractivity contribution in [1.29, 1.82) is 0 Å². The molecule has 2 aromatic carbocycles. The lowest BCUT2D eigenvalue weighted by Crippen LogP contribution is -2.57. The van der Waals surface area contributed by atoms with Crippen molar-refractivity contribution in [3.05, 3.63) is 65.0 Å². The van der Waals surface area contributed by atoms with Gasteiger partial charge in [-0.1, -0.05) is 12.1 Å². The highest BCUT2D eigenvalue weighted by Crippen LogP contribution is 2.40. The minimum Gasteiger partial charge on any atom is -0.465 e. The number of anilines is 1. The van der Waals surface area contributed by atoms with Crippen LogP contribution in [0.25, 0.3) is 0 Å². The largest absolute Gasteiger partial charge is 0.465 e. The van der Waals surface area contributed by atoms with Crippen LogP contribution in [0.15, 0.2) is 36.4 Å². The molecule has 1 aliphatic carbocycles. The number of sulfonamides is 1. The number of rotatable bonds is 10. The summed E-state index contributed by atoms with van der Waals surface area (Å²) in [5, 5.41) is 18.1. The molecule has 252 valence electrons. The molecule has 14 heteroatoms. The number of benzene rings is 2. The Morgan fingerprint density at radius 1 is 1.07 bits per heavy atom. The maximum Gasteiger partial charge on any atom is 0.405 e. The van der Waals surface area contributed by atoms with Gasteiger partial charge < -0.3 is 25.8 Å². The number of halogens is 3. The molecule has 10 nitrogen and oxygen atoms in total. The lowest BCUT2D eigenvalue weighted by Gasteiger charge is -2.38. The average Bonchev–Trinajstić information content (AvgIpc) is 3.15. The summed E-state index contributed by atoms with van der Waals surface area (Å²) in [6.07, 6.45) is 2.56. The summed E-state index contributed by atoms with van der Waals surface area (Å²) in [6, 6.07) is 5.84. The highest BCUT2D eigenvalue weighted by atomic mass is 32.2. The Labute approximate surface area is 267 Å². The topological polar surface area (TPSA) is 137 Å². The molecular weight excluding hydrogens is 625 g/mol. The lowest BCUT2D eigenvalue weighted by molar-refractivity contribution is -0.119. The molecule has 2 heterocycles. The van der Waals surface area contributed by atoms with Gasteiger partial charge in [-0.3, -0.25) is 4.79 Å². The first kappa shape index (κ1) is 34.1. The van der Waals surface area contributed by atoms with Gasteiger partial charge in [-0.05, 0) is 87.1 Å². The van der Waals surface area contributed by atoms with Crippen molar-refractivity contribution in [3.8, 4) is 0 Å². The van der Waals surface area contributed by atoms with Crippen molar-refractivity contribution < 1.29 is 41.0 Å². The van der Waals surface area contributed by atoms with Crippen molar-refractivity contribution in [2.45, 2.75) is 81.5 Å². The van der Waals surface area contributed by atoms with Crippen LogP contribution < -0.4 is 16.0 Å². The van der Waals surface area contributed by atoms with E-state index in [9.17, 15) is 31.9 Å². The Bertz CT molecular complexity index is 1500. The van der Waals surface area contributed by atoms with Gasteiger partial charge in [0.25, 0.3) is 0 Å². The Morgan fingerprint density at radius 2 is 1.78 bits per heavy atom. The number of nitrogens with zero attached hydrogens (tertiary/aromatic N) is 1. The van der Waals surface area contributed by atoms with E-state index in [-0.39, 0.29) is 47.9 Å². The first-order valence-corrected chi connectivity index (χ1v) is 17.4. The third-order valence-electron chi connectivity index (χ3n) is 9.68. The van der Waals surface area contributed by atoms with Crippen LogP contribution in [0.1, 0.15) is 62.0 Å². The molecule has 3 fully saturated rings. The SMILES string of the molecule is COC1CCC(C(c2ccc(F)cc2)C(NC(=O)O)C(=O)Nc2ccc(F)c(F)c2CCC2CNC3CCCS(=O)(=O)N2C3)CC1. The fraction of sp³-hybridized carbons (Fsp3) is 0.562. The first-order valence-electron chi connectivity index (χ1n) is 15.7. The van der Waals surface area contributed by atoms with Gasteiger partial charge in [0.2, 0.25) is 15.9 Å². The van der Waals surface area contributed by atoms with Crippen molar-refractivity contribution in [2.75, 3.05) is 31.3 Å². The molecule has 46 heavy (non-hydrogen) atoms. The van der Waals surface area contributed by atoms with E-state index >= 15 is 4.39 Å². The number of carboxylic acid groups (broad SMARTS) is 1. The minimum absolute atomic E-state index is 0.0254. The van der Waals surface area contributed by atoms with Crippen molar-refractivity contribution in [3.63, 3.8) is 0 Å². The van der Waals surface area contributed by atoms with Crippen LogP contribution in [-0.4, -0.2) is 80.0 Å². The number of methoxy groups -OCH3 is 1. The molecule has 0 aromatic heterocycles. The quantitative estimate of drug-likeness (QED) is 0.296. The third-order valence-corrected chi connectivity index (χ3v) is 11.6. The molecule has 2 saturated heterocycles. The van der Waals surface area contributed by atoms with E-state index < -0.39 is 57.5 Å². The van der Waals surface area contributed by atoms with Crippen LogP contribution in [-0.2, 0) is 26.0 Å². The number of fused-ring (bicyclic) bond motifs is 2. The molecule has 0 radical (unpaired) electrons. The minimum atomic E-state index is -3.51. The highest BCUT2D eigenvalue weighted by molar-refractivity contribution is 7.89. The van der Waals surface area contributed by atoms with E-state index in [0.717, 1.165) is 12.5 Å². The number of nitrogens with one attached hydrogen (secondary N) is 3. The van der Waals surface area contributed by atoms with E-state index in [0.29, 0.717) is 50.8 Å². The second-order valence-electron chi connectivity index (χ2n) is 12.5. The van der Waals surface area contributed by atoms with E-state index in [1.807, 2.05) is 0 Å². The molecule has 2 aliphatic heterocycles. The zero-order chi connectivity index (χ0) is 33.0. The van der Waals surface area contributed by atoms with Crippen molar-refractivity contribution >= 4 is 27.7 Å². The fourth-order valence-corrected chi connectivity index (χ4v) is 9.08. The number of hydrogen-bond donors (Lipinski definition) is 4. The maximum atomic E-state index is 15.3. The standard InChI is InChI=1S/C32H41F3N4O6S/c1-45-24-11-6-20(7-12-24)28(19-4-8-21(33)9-5-19)30(38-32(41)42)31(40)37-27-15-14-26(34)29(35)25(27)13-10-23-17-36-22-3-2-16-46(43,44)39(23)18-22/h4-5,8-9,14-15,20,22-24,28,30,36,38H,2-3,6-7,10-13,16-18H2,1H3,(H,37,40)(H,41,42). The Balaban J connectivity index is 1.41. The maximum absolute atomic E-state index is 15.3. The lowest BCUT2D eigenvalue weighted by atomic mass is 9.72. The van der Waals surface area contributed by atoms with Crippen LogP contribution in [0.2, 0.25) is 0 Å². The Kier molecular flexibility index (Phi) is 10.9. The Morgan fingerprint density at radius 3 is 2.46 bits per heavy atom. The number of piperazine rings is 1. The van der Waals surface area contributed by atoms with Gasteiger partial charge in [0.15, 0.2) is 11.6 Å². The summed E-state index contributed by atoms with van der Waals surface area (Å²) in [5.74, 6) is -4.40. The van der Waals surface area contributed by atoms with Crippen LogP contribution in [0, 0.1) is 23.4 Å². The van der Waals surface area contributed by atoms with Crippen LogP contribution in [0.3, 0.4) is 0 Å². The molecule has 0 spiro atoms. The van der Waals surface area contributed by atoms with E-state index in [2.05, 4.69) is 16.0 Å². The molecule has 5 rings (SSSR count). The number of carbonyl (C=O) groups is 2. The summed E-state index contributed by atoms with van der Waals surface area (Å²) in [6.45, 7) is 0.666. The van der Waals surface area contributed by atoms with Gasteiger partial charge in [-0.25, -0.2) is 26.4 Å². The zero-order valence-electron chi connectivity index (χ0n) is 25.7. The van der Waals surface area contributed by atoms with E-state index in [1.54, 1.807) is 7.11 Å². The van der Waals surface area contributed by atoms with Gasteiger partial charge in [-0.2, -0.15) is 4.31 Å². The Hall–Kier alpha value is -3.20. The third kappa shape index (κ3) is 7.84. The first-order chi connectivity index (χ1) is 22.0. The van der Waals surface area contributed by atoms with E-state index in [1.165, 1.54) is 34.6 Å². The number of hydrogen-bond acceptors (Lipinski definition) is 6. The molecule has 3 aliphatic rings. The van der Waals surface area contributed by atoms with Gasteiger partial charge in [0.05, 0.1) is 11.9 Å². The number of amides is 2. The van der Waals surface area contributed by atoms with Crippen LogP contribution in [0.5, 0.6) is 0 Å². The summed E-state index contributed by atoms with van der Waals surface area (Å²) >= 11 is 0. The summed E-state index contributed by atoms with van der Waals surface area (Å²) in [7, 11) is -1.89. The molecule has 4 N–H and O–H groups in total. The second kappa shape index (κ2) is 14.7. The summed E-state index contributed by atoms with van der Waals surface area (Å²) in [5.41, 5.74) is 0.376. The highest BCUT2D eigenvalue weighted by Gasteiger charge is 2.40. The zero-order valence-corrected chi connectivity index (χ0v) is 26.5. The van der Waals surface area contributed by atoms with Crippen molar-refractivity contribution in [2.24, 2.45) is 5.92 Å². The molecule has 5 atom stereocenters. The van der Waals surface area contributed by atoms with Gasteiger partial charge >= 0.3 is 6.09 Å². The van der Waals surface area contributed by atoms with Crippen LogP contribution in [0.4, 0.5) is 23.7 Å². The monoisotopic (exact) mass is 666 g/mol. The predicted molar refractivity (Wildman–Crippen MR) is 165 cm³/mol. The predicted octanol–water partition coefficient (Wildman–Crippen LogP) is 4.37. The molecular formula is C32H41F3N4O6S.